The predicted molar refractivity (Wildman–Crippen MR) is 38.6 cm³/mol. The number of unbranched alkanes of at least 4 members (excludes halogenated alkanes) is 1. The van der Waals surface area contributed by atoms with Crippen molar-refractivity contribution in [2.75, 3.05) is 0 Å². The maximum Gasteiger partial charge on any atom is 0.138 e. The largest absolute Gasteiger partial charge is 0.172 e. The van der Waals surface area contributed by atoms with Crippen LogP contribution in [0.25, 0.3) is 0 Å². The average molecular weight is 137 g/mol. The second-order valence-corrected chi connectivity index (χ2v) is 6.30. The highest BCUT2D eigenvalue weighted by Gasteiger charge is 1.94. The SMILES string of the molecule is CCCC[SiH](C)Cl. The third-order valence-corrected chi connectivity index (χ3v) is 2.81. The fourth-order valence-corrected chi connectivity index (χ4v) is 1.92. The number of hydrogen-bond acceptors (Lipinski definition) is 0. The molecular formula is C5H13ClSi. The molecule has 0 amide bonds. The Morgan fingerprint density at radius 1 is 1.57 bits per heavy atom. The molecule has 44 valence electrons. The van der Waals surface area contributed by atoms with Gasteiger partial charge in [0.2, 0.25) is 0 Å². The Bertz CT molecular complexity index is 37.1. The predicted octanol–water partition coefficient (Wildman–Crippen LogP) is 2.38. The second kappa shape index (κ2) is 4.66. The Balaban J connectivity index is 2.68. The molecule has 0 N–H and O–H groups in total. The highest BCUT2D eigenvalue weighted by molar-refractivity contribution is 7.06. The summed E-state index contributed by atoms with van der Waals surface area (Å²) in [5, 5.41) is 0. The third kappa shape index (κ3) is 6.51. The average Bonchev–Trinajstić information content (AvgIpc) is 1.61. The zero-order valence-electron chi connectivity index (χ0n) is 5.08. The van der Waals surface area contributed by atoms with E-state index in [-0.39, 0.29) is 0 Å². The van der Waals surface area contributed by atoms with Crippen molar-refractivity contribution in [1.82, 2.24) is 0 Å². The molecule has 1 unspecified atom stereocenters. The lowest BCUT2D eigenvalue weighted by molar-refractivity contribution is 0.878. The quantitative estimate of drug-likeness (QED) is 0.413. The molecule has 7 heavy (non-hydrogen) atoms. The normalized spacial score (nSPS) is 14.1. The van der Waals surface area contributed by atoms with Gasteiger partial charge in [-0.25, -0.2) is 0 Å². The molecule has 0 aliphatic carbocycles. The zero-order chi connectivity index (χ0) is 5.70. The van der Waals surface area contributed by atoms with Gasteiger partial charge in [0.15, 0.2) is 0 Å². The van der Waals surface area contributed by atoms with Crippen molar-refractivity contribution in [1.29, 1.82) is 0 Å². The summed E-state index contributed by atoms with van der Waals surface area (Å²) in [7, 11) is -0.716. The molecule has 0 aromatic rings. The highest BCUT2D eigenvalue weighted by atomic mass is 35.6. The van der Waals surface area contributed by atoms with Gasteiger partial charge >= 0.3 is 0 Å². The molecule has 0 saturated carbocycles. The summed E-state index contributed by atoms with van der Waals surface area (Å²) in [5.41, 5.74) is 0. The summed E-state index contributed by atoms with van der Waals surface area (Å²) in [6.45, 7) is 4.38. The Morgan fingerprint density at radius 2 is 2.14 bits per heavy atom. The fraction of sp³-hybridized carbons (Fsp3) is 1.00. The van der Waals surface area contributed by atoms with Gasteiger partial charge in [-0.15, -0.1) is 0 Å². The first kappa shape index (κ1) is 7.51. The fourth-order valence-electron chi connectivity index (χ4n) is 0.485. The van der Waals surface area contributed by atoms with E-state index in [2.05, 4.69) is 13.5 Å². The van der Waals surface area contributed by atoms with Gasteiger partial charge in [-0.2, -0.15) is 11.1 Å². The van der Waals surface area contributed by atoms with Crippen molar-refractivity contribution < 1.29 is 0 Å². The van der Waals surface area contributed by atoms with Crippen LogP contribution in [0.15, 0.2) is 0 Å². The minimum Gasteiger partial charge on any atom is -0.172 e. The van der Waals surface area contributed by atoms with E-state index in [9.17, 15) is 0 Å². The lowest BCUT2D eigenvalue weighted by atomic mass is 10.4. The van der Waals surface area contributed by atoms with Crippen LogP contribution in [0.1, 0.15) is 19.8 Å². The van der Waals surface area contributed by atoms with Crippen LogP contribution in [0.4, 0.5) is 0 Å². The lowest BCUT2D eigenvalue weighted by Crippen LogP contribution is -1.92. The highest BCUT2D eigenvalue weighted by Crippen LogP contribution is 2.02. The zero-order valence-corrected chi connectivity index (χ0v) is 6.99. The van der Waals surface area contributed by atoms with Crippen molar-refractivity contribution in [2.45, 2.75) is 32.4 Å². The summed E-state index contributed by atoms with van der Waals surface area (Å²) in [6.07, 6.45) is 2.63. The summed E-state index contributed by atoms with van der Waals surface area (Å²) in [4.78, 5) is 0. The number of rotatable bonds is 3. The molecule has 2 heteroatoms. The first-order chi connectivity index (χ1) is 3.27. The topological polar surface area (TPSA) is 0 Å². The molecule has 0 aliphatic heterocycles. The van der Waals surface area contributed by atoms with Gasteiger partial charge < -0.3 is 0 Å². The van der Waals surface area contributed by atoms with E-state index in [0.29, 0.717) is 0 Å². The Morgan fingerprint density at radius 3 is 2.29 bits per heavy atom. The van der Waals surface area contributed by atoms with Crippen LogP contribution in [0, 0.1) is 0 Å². The Kier molecular flexibility index (Phi) is 5.00. The Hall–Kier alpha value is 0.507. The van der Waals surface area contributed by atoms with Crippen LogP contribution in [-0.2, 0) is 0 Å². The number of hydrogen-bond donors (Lipinski definition) is 0. The molecule has 0 spiro atoms. The van der Waals surface area contributed by atoms with E-state index in [1.807, 2.05) is 0 Å². The van der Waals surface area contributed by atoms with Gasteiger partial charge in [0.25, 0.3) is 0 Å². The van der Waals surface area contributed by atoms with Crippen LogP contribution in [0.5, 0.6) is 0 Å². The van der Waals surface area contributed by atoms with Gasteiger partial charge in [-0.05, 0) is 6.04 Å². The van der Waals surface area contributed by atoms with E-state index in [4.69, 9.17) is 11.1 Å². The van der Waals surface area contributed by atoms with Crippen molar-refractivity contribution in [3.63, 3.8) is 0 Å². The minimum atomic E-state index is -0.716. The summed E-state index contributed by atoms with van der Waals surface area (Å²) in [6, 6.07) is 1.30. The molecule has 0 heterocycles. The van der Waals surface area contributed by atoms with Gasteiger partial charge in [-0.1, -0.05) is 26.3 Å². The first-order valence-electron chi connectivity index (χ1n) is 2.91. The molecular weight excluding hydrogens is 124 g/mol. The molecule has 0 fully saturated rings. The standard InChI is InChI=1S/C5H13ClSi/c1-3-4-5-7(2)6/h7H,3-5H2,1-2H3. The summed E-state index contributed by atoms with van der Waals surface area (Å²) < 4.78 is 0. The summed E-state index contributed by atoms with van der Waals surface area (Å²) in [5.74, 6) is 0. The van der Waals surface area contributed by atoms with E-state index in [0.717, 1.165) is 0 Å². The van der Waals surface area contributed by atoms with Gasteiger partial charge in [0.05, 0.1) is 0 Å². The van der Waals surface area contributed by atoms with E-state index in [1.54, 1.807) is 0 Å². The molecule has 0 radical (unpaired) electrons. The molecule has 0 saturated heterocycles. The van der Waals surface area contributed by atoms with Crippen LogP contribution in [0.2, 0.25) is 12.6 Å². The maximum absolute atomic E-state index is 5.80. The maximum atomic E-state index is 5.80. The van der Waals surface area contributed by atoms with Gasteiger partial charge in [-0.3, -0.25) is 0 Å². The van der Waals surface area contributed by atoms with Crippen LogP contribution >= 0.6 is 11.1 Å². The number of halogens is 1. The monoisotopic (exact) mass is 136 g/mol. The molecule has 1 atom stereocenters. The molecule has 0 bridgehead atoms. The lowest BCUT2D eigenvalue weighted by Gasteiger charge is -1.94. The smallest absolute Gasteiger partial charge is 0.138 e. The van der Waals surface area contributed by atoms with Crippen LogP contribution < -0.4 is 0 Å². The van der Waals surface area contributed by atoms with E-state index >= 15 is 0 Å². The van der Waals surface area contributed by atoms with Crippen molar-refractivity contribution in [2.24, 2.45) is 0 Å². The summed E-state index contributed by atoms with van der Waals surface area (Å²) >= 11 is 5.80. The van der Waals surface area contributed by atoms with Gasteiger partial charge in [0.1, 0.15) is 8.11 Å². The minimum absolute atomic E-state index is 0.716. The van der Waals surface area contributed by atoms with Crippen LogP contribution in [0.3, 0.4) is 0 Å². The molecule has 0 rings (SSSR count). The van der Waals surface area contributed by atoms with Crippen molar-refractivity contribution in [3.05, 3.63) is 0 Å². The van der Waals surface area contributed by atoms with Crippen molar-refractivity contribution in [3.8, 4) is 0 Å². The van der Waals surface area contributed by atoms with Crippen molar-refractivity contribution >= 4 is 19.2 Å². The third-order valence-electron chi connectivity index (χ3n) is 0.955. The molecule has 0 aliphatic rings. The first-order valence-corrected chi connectivity index (χ1v) is 6.63. The molecule has 0 aromatic carbocycles. The van der Waals surface area contributed by atoms with E-state index in [1.165, 1.54) is 18.9 Å². The van der Waals surface area contributed by atoms with E-state index < -0.39 is 8.11 Å². The molecule has 0 nitrogen and oxygen atoms in total. The molecule has 0 aromatic heterocycles. The van der Waals surface area contributed by atoms with Crippen LogP contribution in [-0.4, -0.2) is 8.11 Å². The second-order valence-electron chi connectivity index (χ2n) is 1.92. The van der Waals surface area contributed by atoms with Gasteiger partial charge in [0, 0.05) is 0 Å². The Labute approximate surface area is 52.2 Å².